The highest BCUT2D eigenvalue weighted by Gasteiger charge is 2.61. The minimum atomic E-state index is -0.557. The first kappa shape index (κ1) is 17.7. The SMILES string of the molecule is CCOC1CC(N(C)C(=O)C(N)COC)C12CCC2.Cl. The minimum absolute atomic E-state index is 0. The largest absolute Gasteiger partial charge is 0.383 e. The van der Waals surface area contributed by atoms with Crippen LogP contribution in [0.1, 0.15) is 32.6 Å². The van der Waals surface area contributed by atoms with Gasteiger partial charge in [0.1, 0.15) is 6.04 Å². The van der Waals surface area contributed by atoms with E-state index in [1.165, 1.54) is 19.3 Å². The summed E-state index contributed by atoms with van der Waals surface area (Å²) in [6, 6.07) is -0.272. The number of hydrogen-bond acceptors (Lipinski definition) is 4. The van der Waals surface area contributed by atoms with Gasteiger partial charge in [-0.15, -0.1) is 12.4 Å². The van der Waals surface area contributed by atoms with Crippen molar-refractivity contribution in [3.63, 3.8) is 0 Å². The molecule has 0 radical (unpaired) electrons. The Balaban J connectivity index is 0.00000200. The van der Waals surface area contributed by atoms with E-state index in [-0.39, 0.29) is 36.4 Å². The van der Waals surface area contributed by atoms with Crippen LogP contribution in [-0.4, -0.2) is 56.4 Å². The molecule has 6 heteroatoms. The zero-order chi connectivity index (χ0) is 14.0. The van der Waals surface area contributed by atoms with Crippen molar-refractivity contribution in [3.8, 4) is 0 Å². The number of likely N-dealkylation sites (N-methyl/N-ethyl adjacent to an activating group) is 1. The summed E-state index contributed by atoms with van der Waals surface area (Å²) in [4.78, 5) is 14.1. The highest BCUT2D eigenvalue weighted by molar-refractivity contribution is 5.85. The van der Waals surface area contributed by atoms with E-state index in [1.807, 2.05) is 18.9 Å². The summed E-state index contributed by atoms with van der Waals surface area (Å²) in [5, 5.41) is 0. The monoisotopic (exact) mass is 306 g/mol. The van der Waals surface area contributed by atoms with Gasteiger partial charge in [0.15, 0.2) is 0 Å². The molecular formula is C14H27ClN2O3. The Morgan fingerprint density at radius 3 is 2.60 bits per heavy atom. The van der Waals surface area contributed by atoms with Crippen molar-refractivity contribution in [1.29, 1.82) is 0 Å². The highest BCUT2D eigenvalue weighted by atomic mass is 35.5. The molecule has 20 heavy (non-hydrogen) atoms. The third-order valence-corrected chi connectivity index (χ3v) is 4.87. The molecule has 0 aliphatic heterocycles. The Morgan fingerprint density at radius 1 is 1.50 bits per heavy atom. The van der Waals surface area contributed by atoms with Crippen LogP contribution in [0.3, 0.4) is 0 Å². The minimum Gasteiger partial charge on any atom is -0.383 e. The number of carbonyl (C=O) groups excluding carboxylic acids is 1. The lowest BCUT2D eigenvalue weighted by molar-refractivity contribution is -0.203. The maximum absolute atomic E-state index is 12.2. The Hall–Kier alpha value is -0.360. The molecule has 5 nitrogen and oxygen atoms in total. The smallest absolute Gasteiger partial charge is 0.241 e. The lowest BCUT2D eigenvalue weighted by Gasteiger charge is -2.63. The van der Waals surface area contributed by atoms with Gasteiger partial charge in [-0.3, -0.25) is 4.79 Å². The van der Waals surface area contributed by atoms with Crippen molar-refractivity contribution in [2.45, 2.75) is 50.8 Å². The molecule has 3 atom stereocenters. The number of methoxy groups -OCH3 is 1. The van der Waals surface area contributed by atoms with Crippen LogP contribution in [0.2, 0.25) is 0 Å². The summed E-state index contributed by atoms with van der Waals surface area (Å²) in [6.07, 6.45) is 4.84. The van der Waals surface area contributed by atoms with Crippen molar-refractivity contribution < 1.29 is 14.3 Å². The van der Waals surface area contributed by atoms with Gasteiger partial charge in [-0.05, 0) is 26.2 Å². The Bertz CT molecular complexity index is 336. The number of ether oxygens (including phenoxy) is 2. The normalized spacial score (nSPS) is 28.0. The molecule has 1 amide bonds. The average molecular weight is 307 g/mol. The first-order chi connectivity index (χ1) is 9.06. The predicted octanol–water partition coefficient (Wildman–Crippen LogP) is 1.19. The lowest BCUT2D eigenvalue weighted by Crippen LogP contribution is -2.69. The maximum Gasteiger partial charge on any atom is 0.241 e. The fourth-order valence-corrected chi connectivity index (χ4v) is 3.61. The topological polar surface area (TPSA) is 64.8 Å². The third-order valence-electron chi connectivity index (χ3n) is 4.87. The molecule has 0 bridgehead atoms. The van der Waals surface area contributed by atoms with Gasteiger partial charge < -0.3 is 20.1 Å². The molecule has 3 unspecified atom stereocenters. The van der Waals surface area contributed by atoms with Gasteiger partial charge in [0, 0.05) is 32.2 Å². The first-order valence-electron chi connectivity index (χ1n) is 7.19. The Kier molecular flexibility index (Phi) is 6.25. The number of hydrogen-bond donors (Lipinski definition) is 1. The number of rotatable bonds is 6. The van der Waals surface area contributed by atoms with E-state index < -0.39 is 6.04 Å². The fraction of sp³-hybridized carbons (Fsp3) is 0.929. The van der Waals surface area contributed by atoms with Gasteiger partial charge in [0.25, 0.3) is 0 Å². The van der Waals surface area contributed by atoms with Crippen LogP contribution < -0.4 is 5.73 Å². The molecule has 2 N–H and O–H groups in total. The van der Waals surface area contributed by atoms with Gasteiger partial charge in [0.05, 0.1) is 12.7 Å². The number of nitrogens with zero attached hydrogens (tertiary/aromatic N) is 1. The second-order valence-corrected chi connectivity index (χ2v) is 5.79. The van der Waals surface area contributed by atoms with Crippen molar-refractivity contribution in [2.24, 2.45) is 11.1 Å². The second-order valence-electron chi connectivity index (χ2n) is 5.79. The van der Waals surface area contributed by atoms with Crippen LogP contribution >= 0.6 is 12.4 Å². The number of nitrogens with two attached hydrogens (primary N) is 1. The molecule has 2 rings (SSSR count). The van der Waals surface area contributed by atoms with Crippen molar-refractivity contribution in [1.82, 2.24) is 4.90 Å². The van der Waals surface area contributed by atoms with Crippen LogP contribution in [-0.2, 0) is 14.3 Å². The first-order valence-corrected chi connectivity index (χ1v) is 7.19. The van der Waals surface area contributed by atoms with E-state index in [0.29, 0.717) is 6.10 Å². The molecule has 2 aliphatic rings. The van der Waals surface area contributed by atoms with Gasteiger partial charge in [0.2, 0.25) is 5.91 Å². The van der Waals surface area contributed by atoms with E-state index in [9.17, 15) is 4.79 Å². The summed E-state index contributed by atoms with van der Waals surface area (Å²) in [5.74, 6) is -0.0203. The number of halogens is 1. The molecule has 0 aromatic carbocycles. The van der Waals surface area contributed by atoms with Crippen LogP contribution in [0.25, 0.3) is 0 Å². The molecule has 0 aromatic heterocycles. The van der Waals surface area contributed by atoms with E-state index >= 15 is 0 Å². The van der Waals surface area contributed by atoms with Crippen LogP contribution in [0, 0.1) is 5.41 Å². The molecule has 1 spiro atoms. The van der Waals surface area contributed by atoms with E-state index in [0.717, 1.165) is 13.0 Å². The molecule has 0 heterocycles. The van der Waals surface area contributed by atoms with Crippen LogP contribution in [0.4, 0.5) is 0 Å². The van der Waals surface area contributed by atoms with Gasteiger partial charge in [-0.1, -0.05) is 6.42 Å². The van der Waals surface area contributed by atoms with E-state index in [1.54, 1.807) is 7.11 Å². The van der Waals surface area contributed by atoms with Gasteiger partial charge >= 0.3 is 0 Å². The van der Waals surface area contributed by atoms with Gasteiger partial charge in [-0.2, -0.15) is 0 Å². The summed E-state index contributed by atoms with van der Waals surface area (Å²) in [7, 11) is 3.43. The zero-order valence-electron chi connectivity index (χ0n) is 12.6. The van der Waals surface area contributed by atoms with Gasteiger partial charge in [-0.25, -0.2) is 0 Å². The Labute approximate surface area is 127 Å². The highest BCUT2D eigenvalue weighted by Crippen LogP contribution is 2.58. The third kappa shape index (κ3) is 2.82. The van der Waals surface area contributed by atoms with Crippen molar-refractivity contribution in [2.75, 3.05) is 27.4 Å². The van der Waals surface area contributed by atoms with Crippen molar-refractivity contribution >= 4 is 18.3 Å². The van der Waals surface area contributed by atoms with Crippen LogP contribution in [0.15, 0.2) is 0 Å². The molecule has 0 saturated heterocycles. The van der Waals surface area contributed by atoms with Crippen LogP contribution in [0.5, 0.6) is 0 Å². The van der Waals surface area contributed by atoms with E-state index in [4.69, 9.17) is 15.2 Å². The molecule has 2 fully saturated rings. The number of amides is 1. The standard InChI is InChI=1S/C14H26N2O3.ClH/c1-4-19-12-8-11(14(12)6-5-7-14)16(2)13(17)10(15)9-18-3;/h10-12H,4-9,15H2,1-3H3;1H. The van der Waals surface area contributed by atoms with Crippen molar-refractivity contribution in [3.05, 3.63) is 0 Å². The quantitative estimate of drug-likeness (QED) is 0.800. The zero-order valence-corrected chi connectivity index (χ0v) is 13.4. The summed E-state index contributed by atoms with van der Waals surface area (Å²) >= 11 is 0. The molecule has 118 valence electrons. The maximum atomic E-state index is 12.2. The molecule has 0 aromatic rings. The second kappa shape index (κ2) is 7.07. The molecule has 2 aliphatic carbocycles. The van der Waals surface area contributed by atoms with E-state index in [2.05, 4.69) is 0 Å². The predicted molar refractivity (Wildman–Crippen MR) is 80.0 cm³/mol. The summed E-state index contributed by atoms with van der Waals surface area (Å²) in [5.41, 5.74) is 6.04. The molecule has 2 saturated carbocycles. The lowest BCUT2D eigenvalue weighted by atomic mass is 9.50. The average Bonchev–Trinajstić information content (AvgIpc) is 2.30. The summed E-state index contributed by atoms with van der Waals surface area (Å²) in [6.45, 7) is 3.06. The summed E-state index contributed by atoms with van der Waals surface area (Å²) < 4.78 is 10.8. The fourth-order valence-electron chi connectivity index (χ4n) is 3.61. The molecular weight excluding hydrogens is 280 g/mol. The number of carbonyl (C=O) groups is 1. The Morgan fingerprint density at radius 2 is 2.15 bits per heavy atom.